The highest BCUT2D eigenvalue weighted by molar-refractivity contribution is 7.85. The highest BCUT2D eigenvalue weighted by Gasteiger charge is 2.07. The summed E-state index contributed by atoms with van der Waals surface area (Å²) in [5.74, 6) is -0.694. The third-order valence-corrected chi connectivity index (χ3v) is 1.04. The number of carbonyl (C=O) groups is 1. The standard InChI is InChI=1S/C6H10O4S/c1-4(11)6(9)10-3-5(8)2-7/h5,7-8,11H,1-3H2. The quantitative estimate of drug-likeness (QED) is 0.303. The van der Waals surface area contributed by atoms with E-state index in [9.17, 15) is 4.79 Å². The maximum Gasteiger partial charge on any atom is 0.343 e. The van der Waals surface area contributed by atoms with Crippen LogP contribution in [0.5, 0.6) is 0 Å². The van der Waals surface area contributed by atoms with Crippen LogP contribution in [-0.4, -0.2) is 35.5 Å². The van der Waals surface area contributed by atoms with E-state index in [0.29, 0.717) is 0 Å². The molecule has 0 aliphatic carbocycles. The summed E-state index contributed by atoms with van der Waals surface area (Å²) in [4.78, 5) is 10.5. The van der Waals surface area contributed by atoms with E-state index in [2.05, 4.69) is 23.9 Å². The summed E-state index contributed by atoms with van der Waals surface area (Å²) in [7, 11) is 0. The molecular formula is C6H10O4S. The topological polar surface area (TPSA) is 66.8 Å². The van der Waals surface area contributed by atoms with Gasteiger partial charge in [-0.2, -0.15) is 0 Å². The van der Waals surface area contributed by atoms with E-state index < -0.39 is 18.7 Å². The molecule has 0 aromatic heterocycles. The summed E-state index contributed by atoms with van der Waals surface area (Å²) in [5.41, 5.74) is 0. The summed E-state index contributed by atoms with van der Waals surface area (Å²) >= 11 is 3.61. The highest BCUT2D eigenvalue weighted by atomic mass is 32.1. The van der Waals surface area contributed by atoms with Crippen molar-refractivity contribution in [3.05, 3.63) is 11.5 Å². The van der Waals surface area contributed by atoms with Gasteiger partial charge in [0.15, 0.2) is 0 Å². The molecule has 64 valence electrons. The molecule has 1 atom stereocenters. The van der Waals surface area contributed by atoms with Crippen LogP contribution in [-0.2, 0) is 9.53 Å². The molecule has 0 aliphatic heterocycles. The Kier molecular flexibility index (Phi) is 4.93. The Morgan fingerprint density at radius 2 is 2.27 bits per heavy atom. The number of hydrogen-bond acceptors (Lipinski definition) is 5. The smallest absolute Gasteiger partial charge is 0.343 e. The summed E-state index contributed by atoms with van der Waals surface area (Å²) in [6.45, 7) is 2.53. The highest BCUT2D eigenvalue weighted by Crippen LogP contribution is 1.98. The first-order valence-electron chi connectivity index (χ1n) is 2.92. The molecule has 4 nitrogen and oxygen atoms in total. The van der Waals surface area contributed by atoms with E-state index in [0.717, 1.165) is 0 Å². The van der Waals surface area contributed by atoms with Gasteiger partial charge in [0.2, 0.25) is 0 Å². The molecule has 0 fully saturated rings. The van der Waals surface area contributed by atoms with Crippen LogP contribution in [0.3, 0.4) is 0 Å². The fraction of sp³-hybridized carbons (Fsp3) is 0.500. The summed E-state index contributed by atoms with van der Waals surface area (Å²) < 4.78 is 4.43. The average Bonchev–Trinajstić information content (AvgIpc) is 1.99. The van der Waals surface area contributed by atoms with Crippen LogP contribution in [0.1, 0.15) is 0 Å². The van der Waals surface area contributed by atoms with E-state index in [4.69, 9.17) is 10.2 Å². The van der Waals surface area contributed by atoms with Crippen LogP contribution in [0.15, 0.2) is 11.5 Å². The van der Waals surface area contributed by atoms with Crippen LogP contribution in [0.2, 0.25) is 0 Å². The number of esters is 1. The van der Waals surface area contributed by atoms with Gasteiger partial charge < -0.3 is 14.9 Å². The van der Waals surface area contributed by atoms with Crippen molar-refractivity contribution in [3.8, 4) is 0 Å². The van der Waals surface area contributed by atoms with Crippen LogP contribution in [0.25, 0.3) is 0 Å². The second-order valence-electron chi connectivity index (χ2n) is 1.88. The van der Waals surface area contributed by atoms with Gasteiger partial charge in [0.05, 0.1) is 11.5 Å². The van der Waals surface area contributed by atoms with Gasteiger partial charge in [-0.3, -0.25) is 0 Å². The van der Waals surface area contributed by atoms with Crippen LogP contribution in [0.4, 0.5) is 0 Å². The first-order valence-corrected chi connectivity index (χ1v) is 3.36. The van der Waals surface area contributed by atoms with E-state index in [1.54, 1.807) is 0 Å². The Balaban J connectivity index is 3.54. The van der Waals surface area contributed by atoms with Gasteiger partial charge >= 0.3 is 5.97 Å². The second kappa shape index (κ2) is 5.17. The van der Waals surface area contributed by atoms with Gasteiger partial charge in [-0.05, 0) is 0 Å². The third-order valence-electron chi connectivity index (χ3n) is 0.853. The van der Waals surface area contributed by atoms with Crippen molar-refractivity contribution >= 4 is 18.6 Å². The van der Waals surface area contributed by atoms with Gasteiger partial charge in [-0.25, -0.2) is 4.79 Å². The second-order valence-corrected chi connectivity index (χ2v) is 2.42. The first kappa shape index (κ1) is 10.5. The van der Waals surface area contributed by atoms with Crippen LogP contribution >= 0.6 is 12.6 Å². The van der Waals surface area contributed by atoms with Gasteiger partial charge in [0, 0.05) is 0 Å². The monoisotopic (exact) mass is 178 g/mol. The minimum atomic E-state index is -1.04. The molecule has 0 rings (SSSR count). The van der Waals surface area contributed by atoms with Gasteiger partial charge in [0.1, 0.15) is 12.7 Å². The van der Waals surface area contributed by atoms with Crippen LogP contribution in [0, 0.1) is 0 Å². The van der Waals surface area contributed by atoms with E-state index in [1.807, 2.05) is 0 Å². The number of thiol groups is 1. The zero-order valence-electron chi connectivity index (χ0n) is 5.86. The molecule has 0 aliphatic rings. The molecule has 0 amide bonds. The van der Waals surface area contributed by atoms with Crippen molar-refractivity contribution in [2.24, 2.45) is 0 Å². The Bertz CT molecular complexity index is 157. The molecule has 0 bridgehead atoms. The van der Waals surface area contributed by atoms with Crippen molar-refractivity contribution < 1.29 is 19.7 Å². The van der Waals surface area contributed by atoms with Crippen LogP contribution < -0.4 is 0 Å². The summed E-state index contributed by atoms with van der Waals surface area (Å²) in [6, 6.07) is 0. The Morgan fingerprint density at radius 3 is 2.64 bits per heavy atom. The molecule has 11 heavy (non-hydrogen) atoms. The van der Waals surface area contributed by atoms with Crippen molar-refractivity contribution in [2.75, 3.05) is 13.2 Å². The number of ether oxygens (including phenoxy) is 1. The maximum atomic E-state index is 10.6. The molecule has 2 N–H and O–H groups in total. The zero-order valence-corrected chi connectivity index (χ0v) is 6.75. The largest absolute Gasteiger partial charge is 0.459 e. The normalized spacial score (nSPS) is 12.3. The number of carbonyl (C=O) groups excluding carboxylic acids is 1. The lowest BCUT2D eigenvalue weighted by atomic mass is 10.4. The molecule has 0 spiro atoms. The minimum absolute atomic E-state index is 0.0323. The Morgan fingerprint density at radius 1 is 1.73 bits per heavy atom. The van der Waals surface area contributed by atoms with Crippen molar-refractivity contribution in [1.82, 2.24) is 0 Å². The zero-order chi connectivity index (χ0) is 8.85. The number of hydrogen-bond donors (Lipinski definition) is 3. The fourth-order valence-corrected chi connectivity index (χ4v) is 0.372. The van der Waals surface area contributed by atoms with Crippen molar-refractivity contribution in [1.29, 1.82) is 0 Å². The lowest BCUT2D eigenvalue weighted by Gasteiger charge is -2.07. The van der Waals surface area contributed by atoms with E-state index >= 15 is 0 Å². The molecule has 0 saturated carbocycles. The molecule has 0 aromatic carbocycles. The summed E-state index contributed by atoms with van der Waals surface area (Å²) in [6.07, 6.45) is -1.04. The number of aliphatic hydroxyl groups excluding tert-OH is 2. The fourth-order valence-electron chi connectivity index (χ4n) is 0.308. The molecule has 1 unspecified atom stereocenters. The van der Waals surface area contributed by atoms with Gasteiger partial charge in [-0.1, -0.05) is 6.58 Å². The molecule has 5 heteroatoms. The molecule has 0 radical (unpaired) electrons. The number of aliphatic hydroxyl groups is 2. The lowest BCUT2D eigenvalue weighted by Crippen LogP contribution is -2.21. The molecule has 0 heterocycles. The molecule has 0 saturated heterocycles. The van der Waals surface area contributed by atoms with Gasteiger partial charge in [-0.15, -0.1) is 12.6 Å². The van der Waals surface area contributed by atoms with E-state index in [-0.39, 0.29) is 11.5 Å². The SMILES string of the molecule is C=C(S)C(=O)OCC(O)CO. The third kappa shape index (κ3) is 4.83. The predicted octanol–water partition coefficient (Wildman–Crippen LogP) is -0.674. The minimum Gasteiger partial charge on any atom is -0.459 e. The van der Waals surface area contributed by atoms with E-state index in [1.165, 1.54) is 0 Å². The Labute approximate surface area is 69.9 Å². The van der Waals surface area contributed by atoms with Crippen molar-refractivity contribution in [3.63, 3.8) is 0 Å². The molecule has 0 aromatic rings. The number of rotatable bonds is 4. The Hall–Kier alpha value is -0.520. The first-order chi connectivity index (χ1) is 5.07. The lowest BCUT2D eigenvalue weighted by molar-refractivity contribution is -0.141. The average molecular weight is 178 g/mol. The maximum absolute atomic E-state index is 10.6. The van der Waals surface area contributed by atoms with Gasteiger partial charge in [0.25, 0.3) is 0 Å². The summed E-state index contributed by atoms with van der Waals surface area (Å²) in [5, 5.41) is 17.0. The predicted molar refractivity (Wildman–Crippen MR) is 42.2 cm³/mol. The van der Waals surface area contributed by atoms with Crippen molar-refractivity contribution in [2.45, 2.75) is 6.10 Å². The molecular weight excluding hydrogens is 168 g/mol.